The van der Waals surface area contributed by atoms with Gasteiger partial charge in [-0.1, -0.05) is 43.2 Å². The van der Waals surface area contributed by atoms with Crippen molar-refractivity contribution in [3.8, 4) is 0 Å². The van der Waals surface area contributed by atoms with E-state index in [2.05, 4.69) is 44.7 Å². The average molecular weight is 216 g/mol. The third-order valence-electron chi connectivity index (χ3n) is 3.00. The molecule has 0 aromatic heterocycles. The first-order chi connectivity index (χ1) is 7.72. The van der Waals surface area contributed by atoms with Crippen molar-refractivity contribution in [3.05, 3.63) is 47.5 Å². The Morgan fingerprint density at radius 3 is 2.19 bits per heavy atom. The van der Waals surface area contributed by atoms with Crippen molar-refractivity contribution in [1.29, 1.82) is 0 Å². The first-order valence-electron chi connectivity index (χ1n) is 6.44. The predicted molar refractivity (Wildman–Crippen MR) is 72.8 cm³/mol. The van der Waals surface area contributed by atoms with Gasteiger partial charge in [0.25, 0.3) is 0 Å². The zero-order valence-corrected chi connectivity index (χ0v) is 10.8. The molecule has 0 bridgehead atoms. The molecule has 88 valence electrons. The lowest BCUT2D eigenvalue weighted by molar-refractivity contribution is 0.676. The third-order valence-corrected chi connectivity index (χ3v) is 3.00. The molecule has 1 aromatic rings. The molecule has 0 aliphatic rings. The third kappa shape index (κ3) is 5.16. The van der Waals surface area contributed by atoms with E-state index in [1.165, 1.54) is 48.8 Å². The van der Waals surface area contributed by atoms with Crippen molar-refractivity contribution in [2.45, 2.75) is 52.4 Å². The summed E-state index contributed by atoms with van der Waals surface area (Å²) < 4.78 is 0. The van der Waals surface area contributed by atoms with Crippen LogP contribution in [0, 0.1) is 0 Å². The van der Waals surface area contributed by atoms with Crippen LogP contribution in [0.5, 0.6) is 0 Å². The minimum Gasteiger partial charge on any atom is -0.100 e. The summed E-state index contributed by atoms with van der Waals surface area (Å²) in [6.45, 7) is 8.25. The molecule has 0 heteroatoms. The van der Waals surface area contributed by atoms with Gasteiger partial charge in [0.2, 0.25) is 0 Å². The monoisotopic (exact) mass is 216 g/mol. The fourth-order valence-corrected chi connectivity index (χ4v) is 1.87. The first-order valence-corrected chi connectivity index (χ1v) is 6.44. The molecule has 0 spiro atoms. The van der Waals surface area contributed by atoms with Gasteiger partial charge >= 0.3 is 0 Å². The Hall–Kier alpha value is -1.04. The molecule has 0 aliphatic carbocycles. The second-order valence-electron chi connectivity index (χ2n) is 4.69. The van der Waals surface area contributed by atoms with Gasteiger partial charge in [-0.25, -0.2) is 0 Å². The van der Waals surface area contributed by atoms with E-state index in [9.17, 15) is 0 Å². The van der Waals surface area contributed by atoms with Crippen LogP contribution >= 0.6 is 0 Å². The second-order valence-corrected chi connectivity index (χ2v) is 4.69. The molecule has 0 N–H and O–H groups in total. The normalized spacial score (nSPS) is 10.4. The van der Waals surface area contributed by atoms with E-state index in [4.69, 9.17) is 0 Å². The second kappa shape index (κ2) is 7.27. The van der Waals surface area contributed by atoms with E-state index < -0.39 is 0 Å². The lowest BCUT2D eigenvalue weighted by Gasteiger charge is -2.03. The highest BCUT2D eigenvalue weighted by atomic mass is 14.0. The van der Waals surface area contributed by atoms with Crippen LogP contribution in [0.25, 0.3) is 0 Å². The molecule has 0 unspecified atom stereocenters. The van der Waals surface area contributed by atoms with Crippen molar-refractivity contribution in [1.82, 2.24) is 0 Å². The maximum atomic E-state index is 3.93. The lowest BCUT2D eigenvalue weighted by Crippen LogP contribution is -1.87. The molecular formula is C16H24. The molecule has 1 rings (SSSR count). The standard InChI is InChI=1S/C16H24/c1-4-15-10-12-16(13-11-15)9-7-5-6-8-14(2)3/h10-13H,2,4-9H2,1,3H3. The first kappa shape index (κ1) is 13.0. The highest BCUT2D eigenvalue weighted by Crippen LogP contribution is 2.11. The SMILES string of the molecule is C=C(C)CCCCCc1ccc(CC)cc1. The van der Waals surface area contributed by atoms with Crippen LogP contribution in [0.3, 0.4) is 0 Å². The number of unbranched alkanes of at least 4 members (excludes halogenated alkanes) is 2. The molecule has 0 radical (unpaired) electrons. The number of allylic oxidation sites excluding steroid dienone is 1. The minimum absolute atomic E-state index is 1.14. The summed E-state index contributed by atoms with van der Waals surface area (Å²) in [5, 5.41) is 0. The molecule has 1 aromatic carbocycles. The number of aryl methyl sites for hydroxylation is 2. The Kier molecular flexibility index (Phi) is 5.92. The number of hydrogen-bond acceptors (Lipinski definition) is 0. The van der Waals surface area contributed by atoms with Crippen molar-refractivity contribution >= 4 is 0 Å². The van der Waals surface area contributed by atoms with Crippen LogP contribution in [-0.2, 0) is 12.8 Å². The Morgan fingerprint density at radius 1 is 1.00 bits per heavy atom. The molecule has 0 atom stereocenters. The van der Waals surface area contributed by atoms with E-state index >= 15 is 0 Å². The molecule has 0 heterocycles. The van der Waals surface area contributed by atoms with E-state index in [0.717, 1.165) is 6.42 Å². The molecule has 16 heavy (non-hydrogen) atoms. The molecule has 0 amide bonds. The number of rotatable bonds is 7. The summed E-state index contributed by atoms with van der Waals surface area (Å²) in [4.78, 5) is 0. The van der Waals surface area contributed by atoms with Crippen LogP contribution in [0.2, 0.25) is 0 Å². The molecule has 0 fully saturated rings. The smallest absolute Gasteiger partial charge is 0.0279 e. The Bertz CT molecular complexity index is 305. The molecule has 0 aliphatic heterocycles. The van der Waals surface area contributed by atoms with Gasteiger partial charge in [0.15, 0.2) is 0 Å². The zero-order valence-electron chi connectivity index (χ0n) is 10.8. The van der Waals surface area contributed by atoms with Crippen LogP contribution in [0.15, 0.2) is 36.4 Å². The lowest BCUT2D eigenvalue weighted by atomic mass is 10.0. The van der Waals surface area contributed by atoms with Gasteiger partial charge < -0.3 is 0 Å². The Balaban J connectivity index is 2.19. The molecule has 0 saturated carbocycles. The van der Waals surface area contributed by atoms with Crippen molar-refractivity contribution in [3.63, 3.8) is 0 Å². The van der Waals surface area contributed by atoms with Crippen molar-refractivity contribution in [2.24, 2.45) is 0 Å². The summed E-state index contributed by atoms with van der Waals surface area (Å²) in [6.07, 6.45) is 7.47. The van der Waals surface area contributed by atoms with Gasteiger partial charge in [-0.3, -0.25) is 0 Å². The topological polar surface area (TPSA) is 0 Å². The number of benzene rings is 1. The summed E-state index contributed by atoms with van der Waals surface area (Å²) in [5.41, 5.74) is 4.23. The Morgan fingerprint density at radius 2 is 1.62 bits per heavy atom. The molecule has 0 nitrogen and oxygen atoms in total. The highest BCUT2D eigenvalue weighted by Gasteiger charge is 1.95. The zero-order chi connectivity index (χ0) is 11.8. The fraction of sp³-hybridized carbons (Fsp3) is 0.500. The average Bonchev–Trinajstić information content (AvgIpc) is 2.29. The van der Waals surface area contributed by atoms with E-state index in [1.807, 2.05) is 0 Å². The molecular weight excluding hydrogens is 192 g/mol. The van der Waals surface area contributed by atoms with Gasteiger partial charge in [0, 0.05) is 0 Å². The van der Waals surface area contributed by atoms with Crippen molar-refractivity contribution in [2.75, 3.05) is 0 Å². The number of hydrogen-bond donors (Lipinski definition) is 0. The summed E-state index contributed by atoms with van der Waals surface area (Å²) in [6, 6.07) is 9.06. The maximum Gasteiger partial charge on any atom is -0.0279 e. The van der Waals surface area contributed by atoms with Gasteiger partial charge in [-0.2, -0.15) is 0 Å². The van der Waals surface area contributed by atoms with E-state index in [1.54, 1.807) is 0 Å². The summed E-state index contributed by atoms with van der Waals surface area (Å²) in [7, 11) is 0. The van der Waals surface area contributed by atoms with Gasteiger partial charge in [-0.05, 0) is 50.2 Å². The minimum atomic E-state index is 1.14. The Labute approximate surface area is 100 Å². The van der Waals surface area contributed by atoms with E-state index in [-0.39, 0.29) is 0 Å². The highest BCUT2D eigenvalue weighted by molar-refractivity contribution is 5.22. The van der Waals surface area contributed by atoms with Crippen LogP contribution < -0.4 is 0 Å². The van der Waals surface area contributed by atoms with E-state index in [0.29, 0.717) is 0 Å². The van der Waals surface area contributed by atoms with Crippen LogP contribution in [0.4, 0.5) is 0 Å². The van der Waals surface area contributed by atoms with Gasteiger partial charge in [-0.15, -0.1) is 6.58 Å². The quantitative estimate of drug-likeness (QED) is 0.448. The molecule has 0 saturated heterocycles. The summed E-state index contributed by atoms with van der Waals surface area (Å²) >= 11 is 0. The largest absolute Gasteiger partial charge is 0.100 e. The van der Waals surface area contributed by atoms with Crippen molar-refractivity contribution < 1.29 is 0 Å². The fourth-order valence-electron chi connectivity index (χ4n) is 1.87. The predicted octanol–water partition coefficient (Wildman–Crippen LogP) is 4.93. The maximum absolute atomic E-state index is 3.93. The summed E-state index contributed by atoms with van der Waals surface area (Å²) in [5.74, 6) is 0. The van der Waals surface area contributed by atoms with Crippen LogP contribution in [0.1, 0.15) is 50.7 Å². The van der Waals surface area contributed by atoms with Gasteiger partial charge in [0.05, 0.1) is 0 Å². The van der Waals surface area contributed by atoms with Gasteiger partial charge in [0.1, 0.15) is 0 Å². The van der Waals surface area contributed by atoms with Crippen LogP contribution in [-0.4, -0.2) is 0 Å².